The minimum absolute atomic E-state index is 0.248. The van der Waals surface area contributed by atoms with Crippen LogP contribution in [0.5, 0.6) is 0 Å². The molecule has 2 aliphatic heterocycles. The quantitative estimate of drug-likeness (QED) is 0.728. The van der Waals surface area contributed by atoms with Crippen molar-refractivity contribution < 1.29 is 9.53 Å². The highest BCUT2D eigenvalue weighted by atomic mass is 16.5. The maximum atomic E-state index is 12.3. The lowest BCUT2D eigenvalue weighted by molar-refractivity contribution is -0.136. The maximum absolute atomic E-state index is 12.3. The van der Waals surface area contributed by atoms with E-state index in [1.807, 2.05) is 11.1 Å². The standard InChI is InChI=1S/C17H29N5O2/c1-2-16-18-3-4-21(16)10-9-19-5-7-20(8-6-19)15-17(23)22-11-13-24-14-12-22/h3-4H,2,5-15H2,1H3. The van der Waals surface area contributed by atoms with Crippen molar-refractivity contribution in [3.8, 4) is 0 Å². The van der Waals surface area contributed by atoms with Gasteiger partial charge in [0.15, 0.2) is 0 Å². The Hall–Kier alpha value is -1.44. The number of ether oxygens (including phenoxy) is 1. The van der Waals surface area contributed by atoms with E-state index in [1.165, 1.54) is 0 Å². The van der Waals surface area contributed by atoms with E-state index in [-0.39, 0.29) is 5.91 Å². The van der Waals surface area contributed by atoms with E-state index in [0.717, 1.165) is 64.6 Å². The molecule has 2 fully saturated rings. The predicted molar refractivity (Wildman–Crippen MR) is 91.9 cm³/mol. The normalized spacial score (nSPS) is 20.5. The second-order valence-corrected chi connectivity index (χ2v) is 6.50. The molecular formula is C17H29N5O2. The number of rotatable bonds is 6. The fourth-order valence-electron chi connectivity index (χ4n) is 3.38. The Morgan fingerprint density at radius 2 is 1.79 bits per heavy atom. The molecule has 2 aliphatic rings. The molecule has 3 rings (SSSR count). The molecule has 1 amide bonds. The minimum atomic E-state index is 0.248. The summed E-state index contributed by atoms with van der Waals surface area (Å²) in [7, 11) is 0. The SMILES string of the molecule is CCc1nccn1CCN1CCN(CC(=O)N2CCOCC2)CC1. The molecule has 7 heteroatoms. The Morgan fingerprint density at radius 1 is 1.08 bits per heavy atom. The van der Waals surface area contributed by atoms with Crippen molar-refractivity contribution in [3.05, 3.63) is 18.2 Å². The van der Waals surface area contributed by atoms with Crippen molar-refractivity contribution in [3.63, 3.8) is 0 Å². The second kappa shape index (κ2) is 8.60. The molecule has 0 saturated carbocycles. The van der Waals surface area contributed by atoms with Gasteiger partial charge in [-0.1, -0.05) is 6.92 Å². The van der Waals surface area contributed by atoms with Crippen molar-refractivity contribution in [1.82, 2.24) is 24.3 Å². The van der Waals surface area contributed by atoms with Gasteiger partial charge in [-0.3, -0.25) is 14.6 Å². The summed E-state index contributed by atoms with van der Waals surface area (Å²) in [6.07, 6.45) is 4.93. The van der Waals surface area contributed by atoms with Gasteiger partial charge in [-0.25, -0.2) is 4.98 Å². The number of aryl methyl sites for hydroxylation is 1. The molecule has 3 heterocycles. The summed E-state index contributed by atoms with van der Waals surface area (Å²) in [5.74, 6) is 1.41. The number of piperazine rings is 1. The number of morpholine rings is 1. The summed E-state index contributed by atoms with van der Waals surface area (Å²) in [6.45, 7) is 11.6. The Bertz CT molecular complexity index is 519. The van der Waals surface area contributed by atoms with Crippen molar-refractivity contribution >= 4 is 5.91 Å². The molecule has 0 unspecified atom stereocenters. The first-order valence-corrected chi connectivity index (χ1v) is 9.06. The second-order valence-electron chi connectivity index (χ2n) is 6.50. The van der Waals surface area contributed by atoms with E-state index in [0.29, 0.717) is 19.8 Å². The van der Waals surface area contributed by atoms with Crippen LogP contribution in [0.3, 0.4) is 0 Å². The minimum Gasteiger partial charge on any atom is -0.378 e. The largest absolute Gasteiger partial charge is 0.378 e. The summed E-state index contributed by atoms with van der Waals surface area (Å²) in [6, 6.07) is 0. The van der Waals surface area contributed by atoms with Crippen LogP contribution in [0, 0.1) is 0 Å². The molecular weight excluding hydrogens is 306 g/mol. The zero-order valence-corrected chi connectivity index (χ0v) is 14.7. The van der Waals surface area contributed by atoms with Gasteiger partial charge >= 0.3 is 0 Å². The van der Waals surface area contributed by atoms with Crippen LogP contribution in [0.4, 0.5) is 0 Å². The average molecular weight is 335 g/mol. The molecule has 0 radical (unpaired) electrons. The molecule has 0 spiro atoms. The maximum Gasteiger partial charge on any atom is 0.236 e. The van der Waals surface area contributed by atoms with Gasteiger partial charge in [0.1, 0.15) is 5.82 Å². The molecule has 0 N–H and O–H groups in total. The van der Waals surface area contributed by atoms with Crippen LogP contribution in [0.2, 0.25) is 0 Å². The molecule has 1 aromatic heterocycles. The third-order valence-electron chi connectivity index (χ3n) is 4.96. The fourth-order valence-corrected chi connectivity index (χ4v) is 3.38. The number of carbonyl (C=O) groups is 1. The lowest BCUT2D eigenvalue weighted by Crippen LogP contribution is -2.51. The lowest BCUT2D eigenvalue weighted by atomic mass is 10.3. The van der Waals surface area contributed by atoms with E-state index < -0.39 is 0 Å². The van der Waals surface area contributed by atoms with Crippen LogP contribution in [-0.2, 0) is 22.5 Å². The smallest absolute Gasteiger partial charge is 0.236 e. The van der Waals surface area contributed by atoms with Crippen LogP contribution >= 0.6 is 0 Å². The third kappa shape index (κ3) is 4.55. The van der Waals surface area contributed by atoms with E-state index in [1.54, 1.807) is 0 Å². The van der Waals surface area contributed by atoms with Crippen LogP contribution in [0.15, 0.2) is 12.4 Å². The van der Waals surface area contributed by atoms with Crippen molar-refractivity contribution in [1.29, 1.82) is 0 Å². The third-order valence-corrected chi connectivity index (χ3v) is 4.96. The van der Waals surface area contributed by atoms with Gasteiger partial charge in [-0.2, -0.15) is 0 Å². The van der Waals surface area contributed by atoms with Crippen molar-refractivity contribution in [2.75, 3.05) is 65.6 Å². The van der Waals surface area contributed by atoms with E-state index >= 15 is 0 Å². The van der Waals surface area contributed by atoms with E-state index in [9.17, 15) is 4.79 Å². The van der Waals surface area contributed by atoms with Crippen molar-refractivity contribution in [2.24, 2.45) is 0 Å². The Balaban J connectivity index is 1.37. The Morgan fingerprint density at radius 3 is 2.50 bits per heavy atom. The van der Waals surface area contributed by atoms with Crippen LogP contribution in [-0.4, -0.2) is 95.7 Å². The van der Waals surface area contributed by atoms with Crippen LogP contribution < -0.4 is 0 Å². The van der Waals surface area contributed by atoms with Gasteiger partial charge < -0.3 is 14.2 Å². The number of aromatic nitrogens is 2. The highest BCUT2D eigenvalue weighted by Crippen LogP contribution is 2.06. The zero-order chi connectivity index (χ0) is 16.8. The Kier molecular flexibility index (Phi) is 6.23. The summed E-state index contributed by atoms with van der Waals surface area (Å²) in [5.41, 5.74) is 0. The van der Waals surface area contributed by atoms with Gasteiger partial charge in [0.2, 0.25) is 5.91 Å². The van der Waals surface area contributed by atoms with Crippen molar-refractivity contribution in [2.45, 2.75) is 19.9 Å². The molecule has 134 valence electrons. The number of carbonyl (C=O) groups excluding carboxylic acids is 1. The molecule has 1 aromatic rings. The topological polar surface area (TPSA) is 53.8 Å². The van der Waals surface area contributed by atoms with E-state index in [4.69, 9.17) is 4.74 Å². The molecule has 7 nitrogen and oxygen atoms in total. The van der Waals surface area contributed by atoms with Crippen LogP contribution in [0.1, 0.15) is 12.7 Å². The molecule has 0 bridgehead atoms. The monoisotopic (exact) mass is 335 g/mol. The predicted octanol–water partition coefficient (Wildman–Crippen LogP) is -0.0781. The highest BCUT2D eigenvalue weighted by Gasteiger charge is 2.22. The number of hydrogen-bond donors (Lipinski definition) is 0. The Labute approximate surface area is 144 Å². The number of hydrogen-bond acceptors (Lipinski definition) is 5. The van der Waals surface area contributed by atoms with Gasteiger partial charge in [-0.05, 0) is 0 Å². The summed E-state index contributed by atoms with van der Waals surface area (Å²) < 4.78 is 7.55. The van der Waals surface area contributed by atoms with Gasteiger partial charge in [0, 0.05) is 71.2 Å². The number of amides is 1. The van der Waals surface area contributed by atoms with E-state index in [2.05, 4.69) is 32.5 Å². The summed E-state index contributed by atoms with van der Waals surface area (Å²) in [5, 5.41) is 0. The van der Waals surface area contributed by atoms with Crippen LogP contribution in [0.25, 0.3) is 0 Å². The highest BCUT2D eigenvalue weighted by molar-refractivity contribution is 5.78. The summed E-state index contributed by atoms with van der Waals surface area (Å²) in [4.78, 5) is 23.4. The first-order valence-electron chi connectivity index (χ1n) is 9.06. The lowest BCUT2D eigenvalue weighted by Gasteiger charge is -2.36. The first-order chi connectivity index (χ1) is 11.8. The number of imidazole rings is 1. The summed E-state index contributed by atoms with van der Waals surface area (Å²) >= 11 is 0. The molecule has 0 atom stereocenters. The first kappa shape index (κ1) is 17.4. The zero-order valence-electron chi connectivity index (χ0n) is 14.7. The van der Waals surface area contributed by atoms with Gasteiger partial charge in [-0.15, -0.1) is 0 Å². The average Bonchev–Trinajstić information content (AvgIpc) is 3.09. The van der Waals surface area contributed by atoms with Gasteiger partial charge in [0.05, 0.1) is 19.8 Å². The fraction of sp³-hybridized carbons (Fsp3) is 0.765. The molecule has 2 saturated heterocycles. The van der Waals surface area contributed by atoms with Gasteiger partial charge in [0.25, 0.3) is 0 Å². The number of nitrogens with zero attached hydrogens (tertiary/aromatic N) is 5. The molecule has 24 heavy (non-hydrogen) atoms. The molecule has 0 aromatic carbocycles. The molecule has 0 aliphatic carbocycles.